The molecule has 0 radical (unpaired) electrons. The van der Waals surface area contributed by atoms with E-state index in [4.69, 9.17) is 22.9 Å². The van der Waals surface area contributed by atoms with E-state index in [1.54, 1.807) is 5.38 Å². The van der Waals surface area contributed by atoms with Crippen LogP contribution in [0.1, 0.15) is 0 Å². The second kappa shape index (κ2) is 7.45. The molecule has 2 N–H and O–H groups in total. The van der Waals surface area contributed by atoms with Crippen LogP contribution >= 0.6 is 22.9 Å². The van der Waals surface area contributed by atoms with Gasteiger partial charge in [0.1, 0.15) is 23.3 Å². The molecule has 3 aromatic rings. The van der Waals surface area contributed by atoms with Crippen molar-refractivity contribution in [3.05, 3.63) is 52.2 Å². The van der Waals surface area contributed by atoms with Gasteiger partial charge in [0.05, 0.1) is 19.7 Å². The maximum Gasteiger partial charge on any atom is 0.262 e. The Hall–Kier alpha value is -2.27. The van der Waals surface area contributed by atoms with Crippen LogP contribution in [-0.2, 0) is 10.0 Å². The van der Waals surface area contributed by atoms with E-state index in [-0.39, 0.29) is 28.2 Å². The van der Waals surface area contributed by atoms with Crippen molar-refractivity contribution in [2.75, 3.05) is 19.7 Å². The van der Waals surface area contributed by atoms with Gasteiger partial charge in [-0.1, -0.05) is 11.6 Å². The van der Waals surface area contributed by atoms with Gasteiger partial charge in [-0.2, -0.15) is 4.31 Å². The van der Waals surface area contributed by atoms with Crippen LogP contribution in [0.2, 0.25) is 5.15 Å². The third kappa shape index (κ3) is 3.33. The number of aliphatic hydroxyl groups is 2. The first-order chi connectivity index (χ1) is 14.2. The van der Waals surface area contributed by atoms with Gasteiger partial charge in [0.15, 0.2) is 15.1 Å². The Morgan fingerprint density at radius 1 is 1.50 bits per heavy atom. The molecule has 1 fully saturated rings. The Balaban J connectivity index is 1.66. The van der Waals surface area contributed by atoms with Gasteiger partial charge in [0.25, 0.3) is 10.0 Å². The summed E-state index contributed by atoms with van der Waals surface area (Å²) in [5.74, 6) is -0.831. The molecule has 1 aliphatic rings. The number of benzene rings is 1. The maximum atomic E-state index is 13.9. The zero-order valence-electron chi connectivity index (χ0n) is 15.1. The van der Waals surface area contributed by atoms with Gasteiger partial charge in [-0.25, -0.2) is 22.6 Å². The predicted octanol–water partition coefficient (Wildman–Crippen LogP) is 1.91. The van der Waals surface area contributed by atoms with Crippen LogP contribution in [0.5, 0.6) is 5.75 Å². The number of aromatic nitrogens is 2. The van der Waals surface area contributed by atoms with Crippen molar-refractivity contribution >= 4 is 43.6 Å². The van der Waals surface area contributed by atoms with Crippen molar-refractivity contribution < 1.29 is 27.8 Å². The van der Waals surface area contributed by atoms with Gasteiger partial charge in [0.2, 0.25) is 5.69 Å². The normalized spacial score (nSPS) is 22.4. The predicted molar refractivity (Wildman–Crippen MR) is 106 cm³/mol. The first-order valence-electron chi connectivity index (χ1n) is 8.48. The van der Waals surface area contributed by atoms with E-state index in [0.29, 0.717) is 4.96 Å². The summed E-state index contributed by atoms with van der Waals surface area (Å²) < 4.78 is 48.2. The highest BCUT2D eigenvalue weighted by Crippen LogP contribution is 2.34. The smallest absolute Gasteiger partial charge is 0.262 e. The Morgan fingerprint density at radius 2 is 2.27 bits per heavy atom. The molecule has 4 rings (SSSR count). The van der Waals surface area contributed by atoms with Crippen molar-refractivity contribution in [2.45, 2.75) is 16.7 Å². The van der Waals surface area contributed by atoms with Crippen LogP contribution in [-0.4, -0.2) is 63.7 Å². The quantitative estimate of drug-likeness (QED) is 0.549. The summed E-state index contributed by atoms with van der Waals surface area (Å²) in [6.07, 6.45) is 0.315. The summed E-state index contributed by atoms with van der Waals surface area (Å²) in [5, 5.41) is 21.7. The standard InChI is InChI=1S/C17H14ClFN4O5S2/c1-20-12-3-2-10(6-11(12)19)28-13-7-22(8-17(13,25)9-24)30(26,27)15-14(18)21-16-23(15)4-5-29-16/h2-6,13,24-25H,7-9H2/t13-,17+/m0/s1. The van der Waals surface area contributed by atoms with Gasteiger partial charge in [0, 0.05) is 24.2 Å². The fraction of sp³-hybridized carbons (Fsp3) is 0.294. The number of nitrogens with zero attached hydrogens (tertiary/aromatic N) is 4. The van der Waals surface area contributed by atoms with Gasteiger partial charge < -0.3 is 14.9 Å². The summed E-state index contributed by atoms with van der Waals surface area (Å²) in [6, 6.07) is 3.50. The molecule has 1 aliphatic heterocycles. The number of aliphatic hydroxyl groups excluding tert-OH is 1. The lowest BCUT2D eigenvalue weighted by atomic mass is 10.0. The molecule has 0 aliphatic carbocycles. The van der Waals surface area contributed by atoms with Crippen LogP contribution < -0.4 is 4.74 Å². The molecule has 2 atom stereocenters. The molecular weight excluding hydrogens is 459 g/mol. The summed E-state index contributed by atoms with van der Waals surface area (Å²) in [7, 11) is -4.20. The van der Waals surface area contributed by atoms with E-state index in [0.717, 1.165) is 10.4 Å². The second-order valence-corrected chi connectivity index (χ2v) is 9.74. The molecule has 0 saturated carbocycles. The number of sulfonamides is 1. The lowest BCUT2D eigenvalue weighted by Crippen LogP contribution is -2.48. The number of hydrogen-bond donors (Lipinski definition) is 2. The van der Waals surface area contributed by atoms with E-state index < -0.39 is 40.7 Å². The minimum atomic E-state index is -4.20. The topological polar surface area (TPSA) is 109 Å². The molecule has 2 aromatic heterocycles. The molecule has 3 heterocycles. The maximum absolute atomic E-state index is 13.9. The summed E-state index contributed by atoms with van der Waals surface area (Å²) in [4.78, 5) is 7.41. The zero-order chi connectivity index (χ0) is 21.7. The average molecular weight is 473 g/mol. The van der Waals surface area contributed by atoms with Gasteiger partial charge in [-0.15, -0.1) is 11.3 Å². The lowest BCUT2D eigenvalue weighted by molar-refractivity contribution is -0.0641. The van der Waals surface area contributed by atoms with E-state index >= 15 is 0 Å². The van der Waals surface area contributed by atoms with E-state index in [9.17, 15) is 23.0 Å². The number of thiazole rings is 1. The molecular formula is C17H14ClFN4O5S2. The van der Waals surface area contributed by atoms with Crippen molar-refractivity contribution in [3.63, 3.8) is 0 Å². The van der Waals surface area contributed by atoms with Crippen LogP contribution in [0.15, 0.2) is 34.8 Å². The Morgan fingerprint density at radius 3 is 2.93 bits per heavy atom. The third-order valence-electron chi connectivity index (χ3n) is 4.77. The van der Waals surface area contributed by atoms with Crippen LogP contribution in [0.4, 0.5) is 10.1 Å². The summed E-state index contributed by atoms with van der Waals surface area (Å²) in [5.41, 5.74) is -2.14. The lowest BCUT2D eigenvalue weighted by Gasteiger charge is -2.27. The number of rotatable bonds is 5. The van der Waals surface area contributed by atoms with Crippen LogP contribution in [0, 0.1) is 12.4 Å². The highest BCUT2D eigenvalue weighted by Gasteiger charge is 2.51. The van der Waals surface area contributed by atoms with Crippen molar-refractivity contribution in [3.8, 4) is 5.75 Å². The molecule has 1 aromatic carbocycles. The highest BCUT2D eigenvalue weighted by molar-refractivity contribution is 7.89. The molecule has 30 heavy (non-hydrogen) atoms. The Labute approximate surface area is 179 Å². The third-order valence-corrected chi connectivity index (χ3v) is 7.74. The van der Waals surface area contributed by atoms with Gasteiger partial charge in [-0.3, -0.25) is 4.40 Å². The average Bonchev–Trinajstić information content (AvgIpc) is 3.35. The number of β-amino-alcohol motifs (C(OH)–C–C–N with tert-alkyl or cyclic N) is 1. The second-order valence-electron chi connectivity index (χ2n) is 6.65. The van der Waals surface area contributed by atoms with Crippen LogP contribution in [0.3, 0.4) is 0 Å². The molecule has 9 nitrogen and oxygen atoms in total. The fourth-order valence-electron chi connectivity index (χ4n) is 3.22. The number of fused-ring (bicyclic) bond motifs is 1. The van der Waals surface area contributed by atoms with Crippen molar-refractivity contribution in [1.29, 1.82) is 0 Å². The van der Waals surface area contributed by atoms with E-state index in [1.165, 1.54) is 34.1 Å². The molecule has 0 bridgehead atoms. The van der Waals surface area contributed by atoms with Crippen molar-refractivity contribution in [1.82, 2.24) is 13.7 Å². The SMILES string of the molecule is [C-]#[N+]c1ccc(O[C@H]2CN(S(=O)(=O)c3c(Cl)nc4sccn34)C[C@@]2(O)CO)cc1F. The highest BCUT2D eigenvalue weighted by atomic mass is 35.5. The summed E-state index contributed by atoms with van der Waals surface area (Å²) >= 11 is 7.25. The molecule has 0 spiro atoms. The summed E-state index contributed by atoms with van der Waals surface area (Å²) in [6.45, 7) is 5.30. The Bertz CT molecular complexity index is 1270. The molecule has 1 saturated heterocycles. The Kier molecular flexibility index (Phi) is 5.21. The molecule has 158 valence electrons. The number of ether oxygens (including phenoxy) is 1. The number of halogens is 2. The van der Waals surface area contributed by atoms with Crippen molar-refractivity contribution in [2.24, 2.45) is 0 Å². The molecule has 0 amide bonds. The number of hydrogen-bond acceptors (Lipinski definition) is 7. The van der Waals surface area contributed by atoms with Gasteiger partial charge in [-0.05, 0) is 12.1 Å². The molecule has 0 unspecified atom stereocenters. The minimum Gasteiger partial charge on any atom is -0.486 e. The van der Waals surface area contributed by atoms with E-state index in [1.807, 2.05) is 0 Å². The fourth-order valence-corrected chi connectivity index (χ4v) is 6.13. The van der Waals surface area contributed by atoms with Crippen LogP contribution in [0.25, 0.3) is 9.81 Å². The minimum absolute atomic E-state index is 0.0152. The zero-order valence-corrected chi connectivity index (χ0v) is 17.5. The molecule has 13 heteroatoms. The number of imidazole rings is 1. The van der Waals surface area contributed by atoms with E-state index in [2.05, 4.69) is 9.83 Å². The first kappa shape index (κ1) is 21.0. The first-order valence-corrected chi connectivity index (χ1v) is 11.2. The monoisotopic (exact) mass is 472 g/mol. The van der Waals surface area contributed by atoms with Gasteiger partial charge >= 0.3 is 0 Å². The largest absolute Gasteiger partial charge is 0.486 e.